The molecule has 7 heteroatoms. The number of nitrogens with one attached hydrogen (secondary N) is 1. The van der Waals surface area contributed by atoms with Gasteiger partial charge in [0.2, 0.25) is 0 Å². The quantitative estimate of drug-likeness (QED) is 0.635. The first-order valence-corrected chi connectivity index (χ1v) is 8.22. The van der Waals surface area contributed by atoms with Crippen molar-refractivity contribution in [2.24, 2.45) is 5.10 Å². The maximum Gasteiger partial charge on any atom is 0.166 e. The Labute approximate surface area is 140 Å². The fourth-order valence-corrected chi connectivity index (χ4v) is 3.21. The maximum atomic E-state index is 13.2. The Hall–Kier alpha value is -1.43. The van der Waals surface area contributed by atoms with Crippen LogP contribution in [0, 0.1) is 12.7 Å². The number of aryl methyl sites for hydroxylation is 1. The molecule has 3 nitrogen and oxygen atoms in total. The van der Waals surface area contributed by atoms with Gasteiger partial charge in [-0.15, -0.1) is 0 Å². The molecule has 22 heavy (non-hydrogen) atoms. The van der Waals surface area contributed by atoms with Gasteiger partial charge in [0.25, 0.3) is 0 Å². The van der Waals surface area contributed by atoms with E-state index in [1.807, 2.05) is 19.1 Å². The lowest BCUT2D eigenvalue weighted by molar-refractivity contribution is 0.628. The number of halogens is 3. The van der Waals surface area contributed by atoms with Crippen molar-refractivity contribution in [3.63, 3.8) is 0 Å². The topological polar surface area (TPSA) is 41.5 Å². The number of rotatable bonds is 4. The summed E-state index contributed by atoms with van der Waals surface area (Å²) in [7, 11) is -1.50. The van der Waals surface area contributed by atoms with E-state index >= 15 is 0 Å². The molecule has 0 aromatic heterocycles. The number of benzene rings is 2. The van der Waals surface area contributed by atoms with Crippen LogP contribution in [0.25, 0.3) is 0 Å². The van der Waals surface area contributed by atoms with E-state index in [2.05, 4.69) is 9.93 Å². The lowest BCUT2D eigenvalue weighted by Gasteiger charge is -2.08. The second-order valence-corrected chi connectivity index (χ2v) is 6.62. The molecule has 2 rings (SSSR count). The van der Waals surface area contributed by atoms with Gasteiger partial charge in [0, 0.05) is 5.56 Å². The van der Waals surface area contributed by atoms with Crippen LogP contribution in [0.4, 0.5) is 4.39 Å². The Morgan fingerprint density at radius 3 is 2.27 bits per heavy atom. The van der Waals surface area contributed by atoms with Crippen LogP contribution in [-0.2, 0) is 11.0 Å². The summed E-state index contributed by atoms with van der Waals surface area (Å²) in [5.41, 5.74) is 1.89. The molecule has 0 aliphatic rings. The van der Waals surface area contributed by atoms with Gasteiger partial charge in [0.15, 0.2) is 11.0 Å². The predicted octanol–water partition coefficient (Wildman–Crippen LogP) is 4.48. The van der Waals surface area contributed by atoms with Gasteiger partial charge in [-0.25, -0.2) is 13.4 Å². The third-order valence-corrected chi connectivity index (χ3v) is 4.45. The van der Waals surface area contributed by atoms with E-state index in [9.17, 15) is 8.60 Å². The van der Waals surface area contributed by atoms with E-state index in [1.54, 1.807) is 19.1 Å². The second-order valence-electron chi connectivity index (χ2n) is 4.61. The average Bonchev–Trinajstić information content (AvgIpc) is 2.44. The lowest BCUT2D eigenvalue weighted by Crippen LogP contribution is -2.13. The molecule has 0 aliphatic carbocycles. The Morgan fingerprint density at radius 2 is 1.73 bits per heavy atom. The summed E-state index contributed by atoms with van der Waals surface area (Å²) in [4.78, 5) is 3.13. The minimum atomic E-state index is -1.50. The first-order valence-electron chi connectivity index (χ1n) is 6.32. The van der Waals surface area contributed by atoms with Gasteiger partial charge in [-0.1, -0.05) is 40.9 Å². The molecular weight excluding hydrogens is 346 g/mol. The summed E-state index contributed by atoms with van der Waals surface area (Å²) < 4.78 is 25.2. The van der Waals surface area contributed by atoms with Crippen LogP contribution in [0.2, 0.25) is 10.0 Å². The summed E-state index contributed by atoms with van der Waals surface area (Å²) in [6, 6.07) is 9.53. The van der Waals surface area contributed by atoms with Crippen LogP contribution in [-0.4, -0.2) is 9.92 Å². The van der Waals surface area contributed by atoms with Gasteiger partial charge in [-0.2, -0.15) is 5.10 Å². The summed E-state index contributed by atoms with van der Waals surface area (Å²) in [5.74, 6) is -0.525. The largest absolute Gasteiger partial charge is 0.230 e. The van der Waals surface area contributed by atoms with Gasteiger partial charge < -0.3 is 0 Å². The highest BCUT2D eigenvalue weighted by Crippen LogP contribution is 2.26. The van der Waals surface area contributed by atoms with E-state index in [0.29, 0.717) is 16.2 Å². The van der Waals surface area contributed by atoms with Crippen LogP contribution in [0.15, 0.2) is 46.4 Å². The van der Waals surface area contributed by atoms with Crippen molar-refractivity contribution < 1.29 is 8.60 Å². The Bertz CT molecular complexity index is 725. The van der Waals surface area contributed by atoms with Gasteiger partial charge in [0.05, 0.1) is 20.7 Å². The Kier molecular flexibility index (Phi) is 5.56. The minimum Gasteiger partial charge on any atom is -0.230 e. The summed E-state index contributed by atoms with van der Waals surface area (Å²) in [5, 5.41) is 4.31. The van der Waals surface area contributed by atoms with Crippen LogP contribution in [0.5, 0.6) is 0 Å². The second kappa shape index (κ2) is 7.22. The minimum absolute atomic E-state index is 0.147. The summed E-state index contributed by atoms with van der Waals surface area (Å²) in [6.07, 6.45) is 0. The van der Waals surface area contributed by atoms with Gasteiger partial charge >= 0.3 is 0 Å². The molecule has 0 radical (unpaired) electrons. The molecule has 0 aliphatic heterocycles. The monoisotopic (exact) mass is 358 g/mol. The highest BCUT2D eigenvalue weighted by Gasteiger charge is 2.12. The zero-order chi connectivity index (χ0) is 16.3. The zero-order valence-electron chi connectivity index (χ0n) is 11.9. The fraction of sp³-hybridized carbons (Fsp3) is 0.133. The van der Waals surface area contributed by atoms with E-state index in [-0.39, 0.29) is 10.0 Å². The molecule has 0 saturated heterocycles. The Balaban J connectivity index is 2.20. The fourth-order valence-electron chi connectivity index (χ4n) is 1.77. The molecule has 2 aromatic carbocycles. The van der Waals surface area contributed by atoms with Crippen molar-refractivity contribution in [2.45, 2.75) is 18.7 Å². The van der Waals surface area contributed by atoms with E-state index in [1.165, 1.54) is 0 Å². The highest BCUT2D eigenvalue weighted by atomic mass is 35.5. The third kappa shape index (κ3) is 4.06. The molecule has 1 N–H and O–H groups in total. The summed E-state index contributed by atoms with van der Waals surface area (Å²) in [6.45, 7) is 3.59. The van der Waals surface area contributed by atoms with Crippen molar-refractivity contribution in [3.05, 3.63) is 63.4 Å². The van der Waals surface area contributed by atoms with Crippen LogP contribution < -0.4 is 4.83 Å². The predicted molar refractivity (Wildman–Crippen MR) is 89.4 cm³/mol. The van der Waals surface area contributed by atoms with Crippen LogP contribution in [0.3, 0.4) is 0 Å². The normalized spacial score (nSPS) is 13.0. The molecule has 0 spiro atoms. The van der Waals surface area contributed by atoms with Crippen molar-refractivity contribution >= 4 is 39.9 Å². The van der Waals surface area contributed by atoms with E-state index < -0.39 is 16.8 Å². The molecule has 1 unspecified atom stereocenters. The number of nitrogens with zero attached hydrogens (tertiary/aromatic N) is 1. The van der Waals surface area contributed by atoms with Gasteiger partial charge in [-0.3, -0.25) is 0 Å². The molecular formula is C15H13Cl2FN2OS. The molecule has 0 saturated carbocycles. The molecule has 0 bridgehead atoms. The SMILES string of the molecule is C/C(=N\NS(=O)c1ccc(C)cc1)c1c(Cl)cc(F)cc1Cl. The smallest absolute Gasteiger partial charge is 0.166 e. The maximum absolute atomic E-state index is 13.2. The third-order valence-electron chi connectivity index (χ3n) is 2.90. The highest BCUT2D eigenvalue weighted by molar-refractivity contribution is 7.83. The van der Waals surface area contributed by atoms with Crippen molar-refractivity contribution in [3.8, 4) is 0 Å². The molecule has 0 heterocycles. The summed E-state index contributed by atoms with van der Waals surface area (Å²) >= 11 is 11.9. The van der Waals surface area contributed by atoms with Crippen LogP contribution >= 0.6 is 23.2 Å². The van der Waals surface area contributed by atoms with Gasteiger partial charge in [-0.05, 0) is 38.1 Å². The molecule has 0 fully saturated rings. The number of hydrogen-bond acceptors (Lipinski definition) is 2. The zero-order valence-corrected chi connectivity index (χ0v) is 14.2. The first kappa shape index (κ1) is 16.9. The van der Waals surface area contributed by atoms with Crippen LogP contribution in [0.1, 0.15) is 18.1 Å². The van der Waals surface area contributed by atoms with E-state index in [4.69, 9.17) is 23.2 Å². The van der Waals surface area contributed by atoms with Crippen molar-refractivity contribution in [1.29, 1.82) is 0 Å². The molecule has 2 aromatic rings. The Morgan fingerprint density at radius 1 is 1.18 bits per heavy atom. The average molecular weight is 359 g/mol. The first-order chi connectivity index (χ1) is 10.4. The van der Waals surface area contributed by atoms with E-state index in [0.717, 1.165) is 17.7 Å². The molecule has 0 amide bonds. The number of hydrazone groups is 1. The molecule has 1 atom stereocenters. The number of hydrogen-bond donors (Lipinski definition) is 1. The van der Waals surface area contributed by atoms with Crippen molar-refractivity contribution in [1.82, 2.24) is 4.83 Å². The van der Waals surface area contributed by atoms with Crippen molar-refractivity contribution in [2.75, 3.05) is 0 Å². The lowest BCUT2D eigenvalue weighted by atomic mass is 10.1. The van der Waals surface area contributed by atoms with Gasteiger partial charge in [0.1, 0.15) is 5.82 Å². The standard InChI is InChI=1S/C15H13Cl2FN2OS/c1-9-3-5-12(6-4-9)22(21)20-19-10(2)15-13(16)7-11(18)8-14(15)17/h3-8,20H,1-2H3/b19-10+. The molecule has 116 valence electrons.